The zero-order valence-corrected chi connectivity index (χ0v) is 12.9. The largest absolute Gasteiger partial charge is 0.494 e. The van der Waals surface area contributed by atoms with Crippen molar-refractivity contribution in [2.45, 2.75) is 26.5 Å². The summed E-state index contributed by atoms with van der Waals surface area (Å²) in [4.78, 5) is 12.1. The van der Waals surface area contributed by atoms with Crippen molar-refractivity contribution >= 4 is 5.91 Å². The van der Waals surface area contributed by atoms with Crippen molar-refractivity contribution in [1.82, 2.24) is 5.32 Å². The molecule has 0 aliphatic heterocycles. The molecule has 4 nitrogen and oxygen atoms in total. The van der Waals surface area contributed by atoms with E-state index in [0.29, 0.717) is 18.7 Å². The van der Waals surface area contributed by atoms with Gasteiger partial charge in [0.1, 0.15) is 5.75 Å². The van der Waals surface area contributed by atoms with Crippen LogP contribution in [0.5, 0.6) is 5.75 Å². The van der Waals surface area contributed by atoms with Crippen LogP contribution < -0.4 is 10.1 Å². The maximum absolute atomic E-state index is 12.1. The number of nitrogens with one attached hydrogen (secondary N) is 1. The molecule has 0 aromatic heterocycles. The van der Waals surface area contributed by atoms with Gasteiger partial charge < -0.3 is 15.2 Å². The van der Waals surface area contributed by atoms with Crippen LogP contribution >= 0.6 is 0 Å². The topological polar surface area (TPSA) is 58.6 Å². The maximum atomic E-state index is 12.1. The first-order chi connectivity index (χ1) is 10.6. The minimum atomic E-state index is -1.16. The van der Waals surface area contributed by atoms with Crippen molar-refractivity contribution in [3.8, 4) is 5.75 Å². The minimum absolute atomic E-state index is 0.318. The van der Waals surface area contributed by atoms with Crippen molar-refractivity contribution in [1.29, 1.82) is 0 Å². The number of carbonyl (C=O) groups is 1. The maximum Gasteiger partial charge on any atom is 0.253 e. The Morgan fingerprint density at radius 3 is 2.64 bits per heavy atom. The third kappa shape index (κ3) is 4.09. The average molecular weight is 299 g/mol. The molecular weight excluding hydrogens is 278 g/mol. The first-order valence-corrected chi connectivity index (χ1v) is 7.35. The highest BCUT2D eigenvalue weighted by molar-refractivity contribution is 5.81. The number of amides is 1. The molecule has 0 spiro atoms. The molecule has 0 bridgehead atoms. The van der Waals surface area contributed by atoms with Crippen LogP contribution in [-0.2, 0) is 11.3 Å². The van der Waals surface area contributed by atoms with Crippen LogP contribution in [0.4, 0.5) is 0 Å². The van der Waals surface area contributed by atoms with Crippen LogP contribution in [0.25, 0.3) is 0 Å². The van der Waals surface area contributed by atoms with E-state index in [-0.39, 0.29) is 0 Å². The number of hydrogen-bond donors (Lipinski definition) is 2. The quantitative estimate of drug-likeness (QED) is 0.862. The van der Waals surface area contributed by atoms with Gasteiger partial charge in [-0.25, -0.2) is 0 Å². The van der Waals surface area contributed by atoms with Crippen molar-refractivity contribution in [3.63, 3.8) is 0 Å². The first-order valence-electron chi connectivity index (χ1n) is 7.35. The Balaban J connectivity index is 2.02. The van der Waals surface area contributed by atoms with Crippen LogP contribution in [0.2, 0.25) is 0 Å². The fourth-order valence-corrected chi connectivity index (χ4v) is 2.16. The van der Waals surface area contributed by atoms with Crippen LogP contribution in [-0.4, -0.2) is 17.6 Å². The Morgan fingerprint density at radius 1 is 1.23 bits per heavy atom. The predicted molar refractivity (Wildman–Crippen MR) is 85.6 cm³/mol. The van der Waals surface area contributed by atoms with Gasteiger partial charge in [-0.1, -0.05) is 42.5 Å². The van der Waals surface area contributed by atoms with Crippen molar-refractivity contribution in [2.75, 3.05) is 6.61 Å². The molecule has 116 valence electrons. The second-order valence-electron chi connectivity index (χ2n) is 5.08. The molecule has 1 atom stereocenters. The number of ether oxygens (including phenoxy) is 1. The van der Waals surface area contributed by atoms with Crippen molar-refractivity contribution in [3.05, 3.63) is 65.2 Å². The number of hydrogen-bond acceptors (Lipinski definition) is 3. The third-order valence-electron chi connectivity index (χ3n) is 3.34. The van der Waals surface area contributed by atoms with Crippen LogP contribution in [0.15, 0.2) is 48.5 Å². The molecule has 0 heterocycles. The lowest BCUT2D eigenvalue weighted by Gasteiger charge is -2.14. The lowest BCUT2D eigenvalue weighted by atomic mass is 10.1. The molecule has 0 fully saturated rings. The smallest absolute Gasteiger partial charge is 0.253 e. The standard InChI is InChI=1S/C18H21NO3/c1-3-22-16-11-13(2)9-10-15(16)12-19-18(21)17(20)14-7-5-4-6-8-14/h4-11,17,20H,3,12H2,1-2H3,(H,19,21). The fourth-order valence-electron chi connectivity index (χ4n) is 2.16. The summed E-state index contributed by atoms with van der Waals surface area (Å²) in [5.74, 6) is 0.339. The van der Waals surface area contributed by atoms with Gasteiger partial charge >= 0.3 is 0 Å². The lowest BCUT2D eigenvalue weighted by molar-refractivity contribution is -0.129. The molecule has 0 aliphatic rings. The van der Waals surface area contributed by atoms with E-state index in [1.54, 1.807) is 24.3 Å². The first kappa shape index (κ1) is 16.0. The van der Waals surface area contributed by atoms with Crippen LogP contribution in [0, 0.1) is 6.92 Å². The molecule has 22 heavy (non-hydrogen) atoms. The van der Waals surface area contributed by atoms with Crippen molar-refractivity contribution in [2.24, 2.45) is 0 Å². The molecule has 2 N–H and O–H groups in total. The minimum Gasteiger partial charge on any atom is -0.494 e. The number of aliphatic hydroxyl groups is 1. The SMILES string of the molecule is CCOc1cc(C)ccc1CNC(=O)C(O)c1ccccc1. The van der Waals surface area contributed by atoms with E-state index in [1.807, 2.05) is 38.1 Å². The van der Waals surface area contributed by atoms with Gasteiger partial charge in [-0.15, -0.1) is 0 Å². The Bertz CT molecular complexity index is 625. The molecule has 0 saturated carbocycles. The Hall–Kier alpha value is -2.33. The highest BCUT2D eigenvalue weighted by atomic mass is 16.5. The van der Waals surface area contributed by atoms with Gasteiger partial charge in [-0.2, -0.15) is 0 Å². The van der Waals surface area contributed by atoms with Gasteiger partial charge in [0.15, 0.2) is 6.10 Å². The van der Waals surface area contributed by atoms with Crippen LogP contribution in [0.1, 0.15) is 29.7 Å². The molecule has 2 aromatic rings. The highest BCUT2D eigenvalue weighted by Gasteiger charge is 2.17. The summed E-state index contributed by atoms with van der Waals surface area (Å²) >= 11 is 0. The Kier molecular flexibility index (Phi) is 5.55. The molecule has 1 unspecified atom stereocenters. The van der Waals surface area contributed by atoms with Crippen LogP contribution in [0.3, 0.4) is 0 Å². The normalized spacial score (nSPS) is 11.8. The number of rotatable bonds is 6. The monoisotopic (exact) mass is 299 g/mol. The summed E-state index contributed by atoms with van der Waals surface area (Å²) < 4.78 is 5.58. The van der Waals surface area contributed by atoms with Gasteiger partial charge in [-0.05, 0) is 31.0 Å². The second-order valence-corrected chi connectivity index (χ2v) is 5.08. The number of carbonyl (C=O) groups excluding carboxylic acids is 1. The van der Waals surface area contributed by atoms with E-state index < -0.39 is 12.0 Å². The fraction of sp³-hybridized carbons (Fsp3) is 0.278. The summed E-state index contributed by atoms with van der Waals surface area (Å²) in [5, 5.41) is 12.8. The summed E-state index contributed by atoms with van der Waals surface area (Å²) in [5.41, 5.74) is 2.57. The second kappa shape index (κ2) is 7.61. The van der Waals surface area contributed by atoms with E-state index in [1.165, 1.54) is 0 Å². The zero-order valence-electron chi connectivity index (χ0n) is 12.9. The number of aryl methyl sites for hydroxylation is 1. The molecule has 2 rings (SSSR count). The summed E-state index contributed by atoms with van der Waals surface area (Å²) in [6.07, 6.45) is -1.16. The predicted octanol–water partition coefficient (Wildman–Crippen LogP) is 2.74. The van der Waals surface area contributed by atoms with Gasteiger partial charge in [0.2, 0.25) is 0 Å². The summed E-state index contributed by atoms with van der Waals surface area (Å²) in [6.45, 7) is 4.79. The molecule has 0 aliphatic carbocycles. The highest BCUT2D eigenvalue weighted by Crippen LogP contribution is 2.20. The molecule has 4 heteroatoms. The number of benzene rings is 2. The zero-order chi connectivity index (χ0) is 15.9. The lowest BCUT2D eigenvalue weighted by Crippen LogP contribution is -2.29. The molecular formula is C18H21NO3. The Morgan fingerprint density at radius 2 is 1.95 bits per heavy atom. The van der Waals surface area contributed by atoms with E-state index >= 15 is 0 Å². The van der Waals surface area contributed by atoms with Gasteiger partial charge in [0.05, 0.1) is 6.61 Å². The van der Waals surface area contributed by atoms with E-state index in [0.717, 1.165) is 16.9 Å². The Labute approximate surface area is 130 Å². The van der Waals surface area contributed by atoms with Gasteiger partial charge in [0.25, 0.3) is 5.91 Å². The van der Waals surface area contributed by atoms with E-state index in [9.17, 15) is 9.90 Å². The van der Waals surface area contributed by atoms with Gasteiger partial charge in [-0.3, -0.25) is 4.79 Å². The molecule has 2 aromatic carbocycles. The summed E-state index contributed by atoms with van der Waals surface area (Å²) in [6, 6.07) is 14.7. The molecule has 1 amide bonds. The van der Waals surface area contributed by atoms with Crippen molar-refractivity contribution < 1.29 is 14.6 Å². The van der Waals surface area contributed by atoms with E-state index in [2.05, 4.69) is 5.32 Å². The molecule has 0 radical (unpaired) electrons. The third-order valence-corrected chi connectivity index (χ3v) is 3.34. The number of aliphatic hydroxyl groups excluding tert-OH is 1. The average Bonchev–Trinajstić information content (AvgIpc) is 2.54. The summed E-state index contributed by atoms with van der Waals surface area (Å²) in [7, 11) is 0. The van der Waals surface area contributed by atoms with E-state index in [4.69, 9.17) is 4.74 Å². The van der Waals surface area contributed by atoms with Gasteiger partial charge in [0, 0.05) is 12.1 Å². The molecule has 0 saturated heterocycles.